The average molecular weight is 538 g/mol. The topological polar surface area (TPSA) is 85.8 Å². The number of aromatic nitrogens is 1. The molecule has 0 bridgehead atoms. The number of hydrogen-bond acceptors (Lipinski definition) is 6. The van der Waals surface area contributed by atoms with Crippen LogP contribution in [0, 0.1) is 12.7 Å². The Balaban J connectivity index is 1.28. The van der Waals surface area contributed by atoms with Gasteiger partial charge < -0.3 is 20.0 Å². The number of hydrogen-bond donors (Lipinski definition) is 1. The number of nitrogens with one attached hydrogen (secondary N) is 1. The summed E-state index contributed by atoms with van der Waals surface area (Å²) in [5.74, 6) is -0.886. The number of halogens is 1. The lowest BCUT2D eigenvalue weighted by Crippen LogP contribution is -2.49. The molecular formula is C28H32FN5O3S. The number of para-hydroxylation sites is 1. The Bertz CT molecular complexity index is 1290. The number of amides is 3. The summed E-state index contributed by atoms with van der Waals surface area (Å²) in [5.41, 5.74) is 2.71. The van der Waals surface area contributed by atoms with Crippen LogP contribution in [0.25, 0.3) is 0 Å². The van der Waals surface area contributed by atoms with E-state index >= 15 is 0 Å². The number of benzene rings is 2. The Morgan fingerprint density at radius 2 is 1.74 bits per heavy atom. The van der Waals surface area contributed by atoms with E-state index in [0.717, 1.165) is 5.56 Å². The summed E-state index contributed by atoms with van der Waals surface area (Å²) < 4.78 is 14.1. The van der Waals surface area contributed by atoms with Crippen molar-refractivity contribution in [2.75, 3.05) is 42.9 Å². The second-order valence-corrected chi connectivity index (χ2v) is 10.4. The van der Waals surface area contributed by atoms with Gasteiger partial charge in [-0.25, -0.2) is 9.37 Å². The molecule has 1 fully saturated rings. The fourth-order valence-electron chi connectivity index (χ4n) is 4.28. The van der Waals surface area contributed by atoms with E-state index in [0.29, 0.717) is 48.3 Å². The van der Waals surface area contributed by atoms with Gasteiger partial charge in [-0.05, 0) is 45.0 Å². The molecule has 1 N–H and O–H groups in total. The molecule has 2 heterocycles. The first kappa shape index (κ1) is 27.3. The predicted octanol–water partition coefficient (Wildman–Crippen LogP) is 3.97. The molecule has 0 saturated carbocycles. The van der Waals surface area contributed by atoms with Crippen molar-refractivity contribution < 1.29 is 18.8 Å². The van der Waals surface area contributed by atoms with Crippen molar-refractivity contribution in [1.29, 1.82) is 0 Å². The first-order valence-electron chi connectivity index (χ1n) is 12.6. The molecule has 4 rings (SSSR count). The first-order chi connectivity index (χ1) is 18.2. The number of thiazole rings is 1. The third-order valence-electron chi connectivity index (χ3n) is 6.45. The highest BCUT2D eigenvalue weighted by atomic mass is 32.1. The summed E-state index contributed by atoms with van der Waals surface area (Å²) in [6.07, 6.45) is 0.121. The standard InChI is InChI=1S/C28H32FN5O3S/c1-19(2)34(27(37)21-10-8-20(3)9-11-21)17-25(35)31-28-30-22(18-38-28)16-26(36)33-14-12-32(13-15-33)24-7-5-4-6-23(24)29/h4-11,18-19H,12-17H2,1-3H3,(H,30,31,35). The quantitative estimate of drug-likeness (QED) is 0.470. The van der Waals surface area contributed by atoms with Crippen molar-refractivity contribution in [3.8, 4) is 0 Å². The second-order valence-electron chi connectivity index (χ2n) is 9.58. The normalized spacial score (nSPS) is 13.5. The lowest BCUT2D eigenvalue weighted by molar-refractivity contribution is -0.130. The van der Waals surface area contributed by atoms with Crippen molar-refractivity contribution in [3.63, 3.8) is 0 Å². The molecule has 10 heteroatoms. The summed E-state index contributed by atoms with van der Waals surface area (Å²) in [5, 5.41) is 4.89. The third-order valence-corrected chi connectivity index (χ3v) is 7.26. The number of rotatable bonds is 8. The Hall–Kier alpha value is -3.79. The summed E-state index contributed by atoms with van der Waals surface area (Å²) in [6, 6.07) is 13.7. The van der Waals surface area contributed by atoms with Gasteiger partial charge in [0.15, 0.2) is 5.13 Å². The van der Waals surface area contributed by atoms with Gasteiger partial charge in [0.05, 0.1) is 17.8 Å². The zero-order chi connectivity index (χ0) is 27.2. The summed E-state index contributed by atoms with van der Waals surface area (Å²) in [4.78, 5) is 48.1. The number of piperazine rings is 1. The van der Waals surface area contributed by atoms with Crippen LogP contribution in [0.4, 0.5) is 15.2 Å². The zero-order valence-electron chi connectivity index (χ0n) is 21.8. The molecule has 3 aromatic rings. The van der Waals surface area contributed by atoms with E-state index in [9.17, 15) is 18.8 Å². The molecule has 200 valence electrons. The molecule has 1 aliphatic heterocycles. The van der Waals surface area contributed by atoms with Gasteiger partial charge in [-0.1, -0.05) is 29.8 Å². The maximum Gasteiger partial charge on any atom is 0.254 e. The lowest BCUT2D eigenvalue weighted by Gasteiger charge is -2.36. The zero-order valence-corrected chi connectivity index (χ0v) is 22.6. The second kappa shape index (κ2) is 12.2. The van der Waals surface area contributed by atoms with Gasteiger partial charge in [0.1, 0.15) is 12.4 Å². The van der Waals surface area contributed by atoms with Crippen molar-refractivity contribution in [2.24, 2.45) is 0 Å². The highest BCUT2D eigenvalue weighted by Crippen LogP contribution is 2.21. The van der Waals surface area contributed by atoms with E-state index in [4.69, 9.17) is 0 Å². The molecule has 1 aliphatic rings. The summed E-state index contributed by atoms with van der Waals surface area (Å²) in [7, 11) is 0. The van der Waals surface area contributed by atoms with Crippen molar-refractivity contribution in [1.82, 2.24) is 14.8 Å². The molecule has 0 unspecified atom stereocenters. The van der Waals surface area contributed by atoms with Gasteiger partial charge in [0.25, 0.3) is 5.91 Å². The molecule has 8 nitrogen and oxygen atoms in total. The monoisotopic (exact) mass is 537 g/mol. The number of anilines is 2. The Morgan fingerprint density at radius 3 is 2.39 bits per heavy atom. The van der Waals surface area contributed by atoms with E-state index in [2.05, 4.69) is 10.3 Å². The summed E-state index contributed by atoms with van der Waals surface area (Å²) in [6.45, 7) is 7.68. The third kappa shape index (κ3) is 6.74. The largest absolute Gasteiger partial charge is 0.366 e. The van der Waals surface area contributed by atoms with Crippen LogP contribution in [0.3, 0.4) is 0 Å². The van der Waals surface area contributed by atoms with E-state index in [1.54, 1.807) is 40.6 Å². The van der Waals surface area contributed by atoms with Gasteiger partial charge in [-0.2, -0.15) is 0 Å². The molecule has 0 atom stereocenters. The van der Waals surface area contributed by atoms with Crippen LogP contribution in [0.1, 0.15) is 35.5 Å². The maximum absolute atomic E-state index is 14.1. The Kier molecular flexibility index (Phi) is 8.73. The van der Waals surface area contributed by atoms with Crippen LogP contribution in [0.15, 0.2) is 53.9 Å². The van der Waals surface area contributed by atoms with E-state index in [1.807, 2.05) is 37.8 Å². The number of aryl methyl sites for hydroxylation is 1. The van der Waals surface area contributed by atoms with Crippen LogP contribution >= 0.6 is 11.3 Å². The van der Waals surface area contributed by atoms with E-state index in [1.165, 1.54) is 22.3 Å². The smallest absolute Gasteiger partial charge is 0.254 e. The molecule has 1 aromatic heterocycles. The van der Waals surface area contributed by atoms with E-state index < -0.39 is 0 Å². The van der Waals surface area contributed by atoms with Crippen LogP contribution in [-0.4, -0.2) is 71.3 Å². The molecule has 1 saturated heterocycles. The molecule has 0 spiro atoms. The number of nitrogens with zero attached hydrogens (tertiary/aromatic N) is 4. The maximum atomic E-state index is 14.1. The highest BCUT2D eigenvalue weighted by molar-refractivity contribution is 7.13. The molecule has 0 aliphatic carbocycles. The minimum Gasteiger partial charge on any atom is -0.366 e. The molecule has 2 aromatic carbocycles. The van der Waals surface area contributed by atoms with Gasteiger partial charge in [0, 0.05) is 43.2 Å². The van der Waals surface area contributed by atoms with Crippen LogP contribution < -0.4 is 10.2 Å². The SMILES string of the molecule is Cc1ccc(C(=O)N(CC(=O)Nc2nc(CC(=O)N3CCN(c4ccccc4F)CC3)cs2)C(C)C)cc1. The van der Waals surface area contributed by atoms with Crippen LogP contribution in [-0.2, 0) is 16.0 Å². The molecular weight excluding hydrogens is 505 g/mol. The highest BCUT2D eigenvalue weighted by Gasteiger charge is 2.24. The predicted molar refractivity (Wildman–Crippen MR) is 147 cm³/mol. The molecule has 3 amide bonds. The average Bonchev–Trinajstić information content (AvgIpc) is 3.34. The Morgan fingerprint density at radius 1 is 1.05 bits per heavy atom. The first-order valence-corrected chi connectivity index (χ1v) is 13.5. The van der Waals surface area contributed by atoms with Gasteiger partial charge in [0.2, 0.25) is 11.8 Å². The van der Waals surface area contributed by atoms with Crippen molar-refractivity contribution >= 4 is 39.9 Å². The fourth-order valence-corrected chi connectivity index (χ4v) is 5.01. The lowest BCUT2D eigenvalue weighted by atomic mass is 10.1. The minimum atomic E-state index is -0.351. The van der Waals surface area contributed by atoms with Crippen LogP contribution in [0.5, 0.6) is 0 Å². The molecule has 0 radical (unpaired) electrons. The van der Waals surface area contributed by atoms with Crippen molar-refractivity contribution in [3.05, 3.63) is 76.5 Å². The minimum absolute atomic E-state index is 0.0592. The summed E-state index contributed by atoms with van der Waals surface area (Å²) >= 11 is 1.24. The molecule has 38 heavy (non-hydrogen) atoms. The van der Waals surface area contributed by atoms with Gasteiger partial charge in [-0.3, -0.25) is 14.4 Å². The fraction of sp³-hybridized carbons (Fsp3) is 0.357. The Labute approximate surface area is 226 Å². The van der Waals surface area contributed by atoms with Gasteiger partial charge >= 0.3 is 0 Å². The van der Waals surface area contributed by atoms with Gasteiger partial charge in [-0.15, -0.1) is 11.3 Å². The van der Waals surface area contributed by atoms with E-state index in [-0.39, 0.29) is 42.5 Å². The van der Waals surface area contributed by atoms with Crippen molar-refractivity contribution in [2.45, 2.75) is 33.2 Å². The number of carbonyl (C=O) groups is 3. The number of carbonyl (C=O) groups excluding carboxylic acids is 3. The van der Waals surface area contributed by atoms with Crippen LogP contribution in [0.2, 0.25) is 0 Å².